The minimum Gasteiger partial charge on any atom is -0.305 e. The second kappa shape index (κ2) is 7.21. The lowest BCUT2D eigenvalue weighted by atomic mass is 10.0. The highest BCUT2D eigenvalue weighted by Gasteiger charge is 2.29. The number of para-hydroxylation sites is 1. The van der Waals surface area contributed by atoms with Crippen LogP contribution in [0.5, 0.6) is 0 Å². The van der Waals surface area contributed by atoms with Crippen molar-refractivity contribution in [3.63, 3.8) is 0 Å². The fraction of sp³-hybridized carbons (Fsp3) is 0.182. The molecule has 2 aromatic carbocycles. The molecule has 0 fully saturated rings. The van der Waals surface area contributed by atoms with Crippen molar-refractivity contribution in [3.8, 4) is 5.69 Å². The summed E-state index contributed by atoms with van der Waals surface area (Å²) in [4.78, 5) is 28.4. The van der Waals surface area contributed by atoms with Crippen molar-refractivity contribution >= 4 is 37.3 Å². The zero-order valence-electron chi connectivity index (χ0n) is 16.7. The third-order valence-electron chi connectivity index (χ3n) is 5.54. The number of aromatic nitrogens is 2. The van der Waals surface area contributed by atoms with E-state index >= 15 is 0 Å². The van der Waals surface area contributed by atoms with Gasteiger partial charge in [-0.2, -0.15) is 0 Å². The van der Waals surface area contributed by atoms with E-state index in [0.717, 1.165) is 28.5 Å². The van der Waals surface area contributed by atoms with Crippen LogP contribution in [0.15, 0.2) is 68.4 Å². The molecule has 0 saturated heterocycles. The van der Waals surface area contributed by atoms with Crippen LogP contribution in [-0.2, 0) is 16.4 Å². The molecule has 31 heavy (non-hydrogen) atoms. The van der Waals surface area contributed by atoms with Gasteiger partial charge in [0.15, 0.2) is 0 Å². The van der Waals surface area contributed by atoms with Crippen molar-refractivity contribution < 1.29 is 8.42 Å². The first kappa shape index (κ1) is 19.8. The second-order valence-electron chi connectivity index (χ2n) is 7.50. The van der Waals surface area contributed by atoms with Crippen LogP contribution in [0.2, 0.25) is 0 Å². The highest BCUT2D eigenvalue weighted by molar-refractivity contribution is 7.92. The van der Waals surface area contributed by atoms with E-state index in [1.807, 2.05) is 25.1 Å². The lowest BCUT2D eigenvalue weighted by Gasteiger charge is -2.30. The molecule has 1 aliphatic rings. The van der Waals surface area contributed by atoms with Gasteiger partial charge in [-0.25, -0.2) is 17.8 Å². The minimum absolute atomic E-state index is 0.0375. The lowest BCUT2D eigenvalue weighted by Crippen LogP contribution is -2.36. The van der Waals surface area contributed by atoms with Crippen LogP contribution in [0, 0.1) is 6.92 Å². The SMILES string of the molecule is Cc1csc2c(=O)n(-c3cccc(S(=O)(=O)N4CCCc5ccccc54)c3)c(=O)[nH]c12. The summed E-state index contributed by atoms with van der Waals surface area (Å²) < 4.78 is 29.8. The molecule has 0 aliphatic carbocycles. The summed E-state index contributed by atoms with van der Waals surface area (Å²) in [6, 6.07) is 13.4. The number of rotatable bonds is 3. The Balaban J connectivity index is 1.65. The highest BCUT2D eigenvalue weighted by Crippen LogP contribution is 2.32. The molecule has 0 radical (unpaired) electrons. The molecule has 0 saturated carbocycles. The number of nitrogens with zero attached hydrogens (tertiary/aromatic N) is 2. The van der Waals surface area contributed by atoms with E-state index in [-0.39, 0.29) is 10.6 Å². The Kier molecular flexibility index (Phi) is 4.60. The summed E-state index contributed by atoms with van der Waals surface area (Å²) in [5.41, 5.74) is 2.15. The van der Waals surface area contributed by atoms with Crippen LogP contribution in [-0.4, -0.2) is 24.5 Å². The molecule has 0 bridgehead atoms. The van der Waals surface area contributed by atoms with Gasteiger partial charge in [-0.15, -0.1) is 11.3 Å². The number of fused-ring (bicyclic) bond motifs is 2. The summed E-state index contributed by atoms with van der Waals surface area (Å²) in [5, 5.41) is 1.81. The van der Waals surface area contributed by atoms with E-state index in [2.05, 4.69) is 4.98 Å². The number of aromatic amines is 1. The molecular formula is C22H19N3O4S2. The van der Waals surface area contributed by atoms with Gasteiger partial charge in [0.1, 0.15) is 4.70 Å². The summed E-state index contributed by atoms with van der Waals surface area (Å²) >= 11 is 1.25. The van der Waals surface area contributed by atoms with Crippen molar-refractivity contribution in [3.05, 3.63) is 85.9 Å². The van der Waals surface area contributed by atoms with Crippen molar-refractivity contribution in [1.82, 2.24) is 9.55 Å². The first-order valence-electron chi connectivity index (χ1n) is 9.82. The van der Waals surface area contributed by atoms with Gasteiger partial charge in [-0.3, -0.25) is 9.10 Å². The summed E-state index contributed by atoms with van der Waals surface area (Å²) in [5.74, 6) is 0. The first-order valence-corrected chi connectivity index (χ1v) is 12.1. The van der Waals surface area contributed by atoms with E-state index in [1.54, 1.807) is 23.6 Å². The number of nitrogens with one attached hydrogen (secondary N) is 1. The number of anilines is 1. The van der Waals surface area contributed by atoms with Gasteiger partial charge in [-0.05, 0) is 60.5 Å². The van der Waals surface area contributed by atoms with E-state index < -0.39 is 21.3 Å². The Morgan fingerprint density at radius 2 is 1.87 bits per heavy atom. The number of hydrogen-bond donors (Lipinski definition) is 1. The van der Waals surface area contributed by atoms with Gasteiger partial charge in [0.2, 0.25) is 0 Å². The van der Waals surface area contributed by atoms with Gasteiger partial charge in [0.25, 0.3) is 15.6 Å². The molecule has 5 rings (SSSR count). The average molecular weight is 454 g/mol. The molecule has 158 valence electrons. The van der Waals surface area contributed by atoms with E-state index in [9.17, 15) is 18.0 Å². The van der Waals surface area contributed by atoms with Crippen LogP contribution < -0.4 is 15.6 Å². The van der Waals surface area contributed by atoms with Crippen molar-refractivity contribution in [2.24, 2.45) is 0 Å². The number of H-pyrrole nitrogens is 1. The maximum Gasteiger partial charge on any atom is 0.333 e. The Morgan fingerprint density at radius 3 is 2.71 bits per heavy atom. The number of benzene rings is 2. The predicted octanol–water partition coefficient (Wildman–Crippen LogP) is 3.19. The molecule has 1 N–H and O–H groups in total. The zero-order valence-corrected chi connectivity index (χ0v) is 18.3. The quantitative estimate of drug-likeness (QED) is 0.516. The first-order chi connectivity index (χ1) is 14.9. The third kappa shape index (κ3) is 3.12. The smallest absolute Gasteiger partial charge is 0.305 e. The molecule has 4 aromatic rings. The molecule has 3 heterocycles. The Morgan fingerprint density at radius 1 is 1.06 bits per heavy atom. The van der Waals surface area contributed by atoms with Crippen molar-refractivity contribution in [1.29, 1.82) is 0 Å². The second-order valence-corrected chi connectivity index (χ2v) is 10.2. The summed E-state index contributed by atoms with van der Waals surface area (Å²) in [7, 11) is -3.86. The minimum atomic E-state index is -3.86. The van der Waals surface area contributed by atoms with Crippen molar-refractivity contribution in [2.45, 2.75) is 24.7 Å². The van der Waals surface area contributed by atoms with E-state index in [1.165, 1.54) is 27.8 Å². The molecule has 0 spiro atoms. The molecule has 9 heteroatoms. The predicted molar refractivity (Wildman–Crippen MR) is 122 cm³/mol. The zero-order chi connectivity index (χ0) is 21.8. The number of sulfonamides is 1. The van der Waals surface area contributed by atoms with Crippen LogP contribution in [0.4, 0.5) is 5.69 Å². The maximum absolute atomic E-state index is 13.5. The topological polar surface area (TPSA) is 92.2 Å². The molecule has 1 aliphatic heterocycles. The summed E-state index contributed by atoms with van der Waals surface area (Å²) in [6.45, 7) is 2.20. The molecular weight excluding hydrogens is 434 g/mol. The summed E-state index contributed by atoms with van der Waals surface area (Å²) in [6.07, 6.45) is 1.55. The van der Waals surface area contributed by atoms with Crippen LogP contribution >= 0.6 is 11.3 Å². The van der Waals surface area contributed by atoms with E-state index in [0.29, 0.717) is 22.4 Å². The Bertz CT molecular complexity index is 1550. The van der Waals surface area contributed by atoms with Crippen LogP contribution in [0.3, 0.4) is 0 Å². The fourth-order valence-corrected chi connectivity index (χ4v) is 6.52. The monoisotopic (exact) mass is 453 g/mol. The lowest BCUT2D eigenvalue weighted by molar-refractivity contribution is 0.586. The van der Waals surface area contributed by atoms with E-state index in [4.69, 9.17) is 0 Å². The van der Waals surface area contributed by atoms with Gasteiger partial charge in [-0.1, -0.05) is 24.3 Å². The van der Waals surface area contributed by atoms with Crippen LogP contribution in [0.1, 0.15) is 17.5 Å². The number of aryl methyl sites for hydroxylation is 2. The molecule has 0 amide bonds. The maximum atomic E-state index is 13.5. The highest BCUT2D eigenvalue weighted by atomic mass is 32.2. The molecule has 7 nitrogen and oxygen atoms in total. The average Bonchev–Trinajstić information content (AvgIpc) is 3.14. The van der Waals surface area contributed by atoms with Gasteiger partial charge >= 0.3 is 5.69 Å². The van der Waals surface area contributed by atoms with Gasteiger partial charge in [0, 0.05) is 6.54 Å². The van der Waals surface area contributed by atoms with Gasteiger partial charge < -0.3 is 4.98 Å². The Hall–Kier alpha value is -3.17. The van der Waals surface area contributed by atoms with Crippen LogP contribution in [0.25, 0.3) is 15.9 Å². The Labute approximate surface area is 182 Å². The molecule has 2 aromatic heterocycles. The fourth-order valence-electron chi connectivity index (χ4n) is 4.01. The number of hydrogen-bond acceptors (Lipinski definition) is 5. The number of thiophene rings is 1. The van der Waals surface area contributed by atoms with Gasteiger partial charge in [0.05, 0.1) is 21.8 Å². The third-order valence-corrected chi connectivity index (χ3v) is 8.43. The molecule has 0 unspecified atom stereocenters. The molecule has 0 atom stereocenters. The normalized spacial score (nSPS) is 14.0. The largest absolute Gasteiger partial charge is 0.333 e. The standard InChI is InChI=1S/C22H19N3O4S2/c1-14-13-30-20-19(14)23-22(27)25(21(20)26)16-8-4-9-17(12-16)31(28,29)24-11-5-7-15-6-2-3-10-18(15)24/h2-4,6,8-10,12-13H,5,7,11H2,1H3,(H,23,27). The van der Waals surface area contributed by atoms with Crippen molar-refractivity contribution in [2.75, 3.05) is 10.8 Å².